The topological polar surface area (TPSA) is 27.1 Å². The van der Waals surface area contributed by atoms with E-state index in [0.29, 0.717) is 0 Å². The van der Waals surface area contributed by atoms with Crippen LogP contribution in [0.2, 0.25) is 0 Å². The molecule has 0 bridgehead atoms. The number of hydrogen-bond donors (Lipinski definition) is 0. The fraction of sp³-hybridized carbons (Fsp3) is 0.0625. The van der Waals surface area contributed by atoms with Crippen LogP contribution in [0.3, 0.4) is 0 Å². The molecule has 2 aromatic carbocycles. The van der Waals surface area contributed by atoms with Gasteiger partial charge in [0.25, 0.3) is 0 Å². The number of halogens is 1. The number of benzene rings is 2. The SMILES string of the molecule is COc1ccc(-n2cc(-c3ccccc3Br)cn2)cc1. The molecule has 0 aliphatic rings. The first kappa shape index (κ1) is 12.9. The van der Waals surface area contributed by atoms with E-state index < -0.39 is 0 Å². The zero-order valence-electron chi connectivity index (χ0n) is 11.0. The van der Waals surface area contributed by atoms with Crippen LogP contribution in [0.5, 0.6) is 5.75 Å². The van der Waals surface area contributed by atoms with Gasteiger partial charge in [-0.2, -0.15) is 5.10 Å². The highest BCUT2D eigenvalue weighted by Gasteiger charge is 2.06. The van der Waals surface area contributed by atoms with Gasteiger partial charge in [0.15, 0.2) is 0 Å². The molecule has 0 atom stereocenters. The fourth-order valence-electron chi connectivity index (χ4n) is 2.03. The molecule has 3 nitrogen and oxygen atoms in total. The second-order valence-electron chi connectivity index (χ2n) is 4.35. The molecule has 0 aliphatic heterocycles. The summed E-state index contributed by atoms with van der Waals surface area (Å²) in [5.41, 5.74) is 3.21. The van der Waals surface area contributed by atoms with Gasteiger partial charge in [0.05, 0.1) is 19.0 Å². The van der Waals surface area contributed by atoms with Crippen molar-refractivity contribution in [2.24, 2.45) is 0 Å². The van der Waals surface area contributed by atoms with Gasteiger partial charge in [0, 0.05) is 16.2 Å². The second kappa shape index (κ2) is 5.51. The maximum absolute atomic E-state index is 5.16. The summed E-state index contributed by atoms with van der Waals surface area (Å²) in [6, 6.07) is 15.9. The number of hydrogen-bond acceptors (Lipinski definition) is 2. The Bertz CT molecular complexity index is 719. The maximum Gasteiger partial charge on any atom is 0.119 e. The maximum atomic E-state index is 5.16. The third-order valence-electron chi connectivity index (χ3n) is 3.10. The van der Waals surface area contributed by atoms with E-state index >= 15 is 0 Å². The Kier molecular flexibility index (Phi) is 3.56. The van der Waals surface area contributed by atoms with Gasteiger partial charge in [-0.25, -0.2) is 4.68 Å². The molecule has 1 heterocycles. The van der Waals surface area contributed by atoms with Crippen molar-refractivity contribution < 1.29 is 4.74 Å². The van der Waals surface area contributed by atoms with E-state index in [1.165, 1.54) is 0 Å². The summed E-state index contributed by atoms with van der Waals surface area (Å²) >= 11 is 3.56. The van der Waals surface area contributed by atoms with E-state index in [9.17, 15) is 0 Å². The highest BCUT2D eigenvalue weighted by molar-refractivity contribution is 9.10. The van der Waals surface area contributed by atoms with Gasteiger partial charge >= 0.3 is 0 Å². The van der Waals surface area contributed by atoms with Gasteiger partial charge in [-0.05, 0) is 35.9 Å². The first-order valence-electron chi connectivity index (χ1n) is 6.22. The largest absolute Gasteiger partial charge is 0.497 e. The monoisotopic (exact) mass is 328 g/mol. The van der Waals surface area contributed by atoms with E-state index in [1.54, 1.807) is 7.11 Å². The Labute approximate surface area is 125 Å². The zero-order chi connectivity index (χ0) is 13.9. The Morgan fingerprint density at radius 1 is 1.05 bits per heavy atom. The average Bonchev–Trinajstić information content (AvgIpc) is 2.97. The lowest BCUT2D eigenvalue weighted by molar-refractivity contribution is 0.414. The van der Waals surface area contributed by atoms with Crippen LogP contribution in [-0.2, 0) is 0 Å². The smallest absolute Gasteiger partial charge is 0.119 e. The number of ether oxygens (including phenoxy) is 1. The van der Waals surface area contributed by atoms with Crippen LogP contribution in [0.4, 0.5) is 0 Å². The molecule has 3 aromatic rings. The number of aromatic nitrogens is 2. The summed E-state index contributed by atoms with van der Waals surface area (Å²) in [6.07, 6.45) is 3.88. The first-order chi connectivity index (χ1) is 9.78. The van der Waals surface area contributed by atoms with Crippen LogP contribution in [0.1, 0.15) is 0 Å². The van der Waals surface area contributed by atoms with Crippen molar-refractivity contribution in [3.8, 4) is 22.6 Å². The molecule has 1 aromatic heterocycles. The lowest BCUT2D eigenvalue weighted by atomic mass is 10.1. The van der Waals surface area contributed by atoms with Gasteiger partial charge in [-0.15, -0.1) is 0 Å². The predicted molar refractivity (Wildman–Crippen MR) is 83.3 cm³/mol. The zero-order valence-corrected chi connectivity index (χ0v) is 12.5. The Morgan fingerprint density at radius 3 is 2.50 bits per heavy atom. The van der Waals surface area contributed by atoms with Crippen LogP contribution in [0.25, 0.3) is 16.8 Å². The summed E-state index contributed by atoms with van der Waals surface area (Å²) in [7, 11) is 1.66. The van der Waals surface area contributed by atoms with E-state index in [2.05, 4.69) is 27.1 Å². The molecule has 0 amide bonds. The lowest BCUT2D eigenvalue weighted by Gasteiger charge is -2.03. The molecule has 20 heavy (non-hydrogen) atoms. The number of nitrogens with zero attached hydrogens (tertiary/aromatic N) is 2. The second-order valence-corrected chi connectivity index (χ2v) is 5.21. The molecular formula is C16H13BrN2O. The molecule has 0 unspecified atom stereocenters. The number of methoxy groups -OCH3 is 1. The van der Waals surface area contributed by atoms with Crippen LogP contribution >= 0.6 is 15.9 Å². The molecule has 0 N–H and O–H groups in total. The minimum absolute atomic E-state index is 0.840. The Morgan fingerprint density at radius 2 is 1.80 bits per heavy atom. The van der Waals surface area contributed by atoms with E-state index in [-0.39, 0.29) is 0 Å². The van der Waals surface area contributed by atoms with Crippen molar-refractivity contribution in [3.05, 3.63) is 65.4 Å². The molecule has 100 valence electrons. The first-order valence-corrected chi connectivity index (χ1v) is 7.01. The normalized spacial score (nSPS) is 10.5. The number of rotatable bonds is 3. The predicted octanol–water partition coefficient (Wildman–Crippen LogP) is 4.31. The van der Waals surface area contributed by atoms with Crippen molar-refractivity contribution in [1.82, 2.24) is 9.78 Å². The third-order valence-corrected chi connectivity index (χ3v) is 3.80. The van der Waals surface area contributed by atoms with Crippen LogP contribution in [0.15, 0.2) is 65.4 Å². The lowest BCUT2D eigenvalue weighted by Crippen LogP contribution is -1.93. The highest BCUT2D eigenvalue weighted by Crippen LogP contribution is 2.28. The van der Waals surface area contributed by atoms with Crippen LogP contribution in [0, 0.1) is 0 Å². The highest BCUT2D eigenvalue weighted by atomic mass is 79.9. The van der Waals surface area contributed by atoms with Crippen molar-refractivity contribution in [2.75, 3.05) is 7.11 Å². The average molecular weight is 329 g/mol. The summed E-state index contributed by atoms with van der Waals surface area (Å²) in [5.74, 6) is 0.840. The molecular weight excluding hydrogens is 316 g/mol. The Balaban J connectivity index is 1.95. The fourth-order valence-corrected chi connectivity index (χ4v) is 2.55. The molecule has 0 fully saturated rings. The van der Waals surface area contributed by atoms with E-state index in [1.807, 2.05) is 59.5 Å². The quantitative estimate of drug-likeness (QED) is 0.716. The van der Waals surface area contributed by atoms with Crippen molar-refractivity contribution in [1.29, 1.82) is 0 Å². The van der Waals surface area contributed by atoms with Gasteiger partial charge in [0.1, 0.15) is 5.75 Å². The summed E-state index contributed by atoms with van der Waals surface area (Å²) < 4.78 is 8.08. The molecule has 0 radical (unpaired) electrons. The molecule has 3 rings (SSSR count). The van der Waals surface area contributed by atoms with Gasteiger partial charge < -0.3 is 4.74 Å². The third kappa shape index (κ3) is 2.47. The summed E-state index contributed by atoms with van der Waals surface area (Å²) in [5, 5.41) is 4.41. The minimum Gasteiger partial charge on any atom is -0.497 e. The molecule has 0 spiro atoms. The van der Waals surface area contributed by atoms with Crippen LogP contribution in [-0.4, -0.2) is 16.9 Å². The van der Waals surface area contributed by atoms with Crippen molar-refractivity contribution in [2.45, 2.75) is 0 Å². The van der Waals surface area contributed by atoms with E-state index in [4.69, 9.17) is 4.74 Å². The summed E-state index contributed by atoms with van der Waals surface area (Å²) in [6.45, 7) is 0. The standard InChI is InChI=1S/C16H13BrN2O/c1-20-14-8-6-13(7-9-14)19-11-12(10-18-19)15-4-2-3-5-16(15)17/h2-11H,1H3. The van der Waals surface area contributed by atoms with Crippen molar-refractivity contribution in [3.63, 3.8) is 0 Å². The Hall–Kier alpha value is -2.07. The summed E-state index contributed by atoms with van der Waals surface area (Å²) in [4.78, 5) is 0. The van der Waals surface area contributed by atoms with Gasteiger partial charge in [-0.3, -0.25) is 0 Å². The molecule has 0 saturated heterocycles. The molecule has 0 saturated carbocycles. The van der Waals surface area contributed by atoms with Crippen molar-refractivity contribution >= 4 is 15.9 Å². The van der Waals surface area contributed by atoms with Gasteiger partial charge in [0.2, 0.25) is 0 Å². The minimum atomic E-state index is 0.840. The molecule has 0 aliphatic carbocycles. The van der Waals surface area contributed by atoms with Crippen LogP contribution < -0.4 is 4.74 Å². The molecule has 4 heteroatoms. The van der Waals surface area contributed by atoms with Gasteiger partial charge in [-0.1, -0.05) is 34.1 Å². The van der Waals surface area contributed by atoms with E-state index in [0.717, 1.165) is 27.0 Å².